The zero-order chi connectivity index (χ0) is 24.4. The van der Waals surface area contributed by atoms with Gasteiger partial charge in [0.2, 0.25) is 11.9 Å². The number of methoxy groups -OCH3 is 1. The zero-order valence-electron chi connectivity index (χ0n) is 20.0. The van der Waals surface area contributed by atoms with Crippen molar-refractivity contribution in [3.63, 3.8) is 0 Å². The predicted molar refractivity (Wildman–Crippen MR) is 132 cm³/mol. The van der Waals surface area contributed by atoms with Crippen molar-refractivity contribution in [1.29, 1.82) is 0 Å². The summed E-state index contributed by atoms with van der Waals surface area (Å²) < 4.78 is 33.2. The lowest BCUT2D eigenvalue weighted by molar-refractivity contribution is -0.0222. The Morgan fingerprint density at radius 2 is 1.91 bits per heavy atom. The van der Waals surface area contributed by atoms with Crippen molar-refractivity contribution >= 4 is 28.6 Å². The number of nitrogens with zero attached hydrogens (tertiary/aromatic N) is 5. The van der Waals surface area contributed by atoms with Crippen LogP contribution >= 0.6 is 0 Å². The van der Waals surface area contributed by atoms with Gasteiger partial charge in [-0.25, -0.2) is 18.7 Å². The number of ether oxygens (including phenoxy) is 1. The Bertz CT molecular complexity index is 1260. The summed E-state index contributed by atoms with van der Waals surface area (Å²) in [4.78, 5) is 21.0. The van der Waals surface area contributed by atoms with E-state index in [1.807, 2.05) is 19.1 Å². The molecule has 35 heavy (non-hydrogen) atoms. The van der Waals surface area contributed by atoms with E-state index in [0.717, 1.165) is 29.7 Å². The third-order valence-corrected chi connectivity index (χ3v) is 6.45. The van der Waals surface area contributed by atoms with E-state index in [0.29, 0.717) is 35.5 Å². The van der Waals surface area contributed by atoms with E-state index < -0.39 is 5.92 Å². The number of hydrogen-bond donors (Lipinski definition) is 2. The molecular formula is C25H29F2N7O. The van der Waals surface area contributed by atoms with Gasteiger partial charge in [0.25, 0.3) is 5.92 Å². The van der Waals surface area contributed by atoms with Gasteiger partial charge in [-0.2, -0.15) is 4.98 Å². The maximum atomic E-state index is 13.8. The number of likely N-dealkylation sites (tertiary alicyclic amines) is 1. The van der Waals surface area contributed by atoms with E-state index in [2.05, 4.69) is 32.0 Å². The van der Waals surface area contributed by atoms with E-state index in [1.54, 1.807) is 18.2 Å². The molecule has 5 rings (SSSR count). The molecule has 0 radical (unpaired) electrons. The number of aromatic nitrogens is 4. The van der Waals surface area contributed by atoms with Gasteiger partial charge in [0.1, 0.15) is 11.6 Å². The number of hydrogen-bond acceptors (Lipinski definition) is 7. The minimum atomic E-state index is -2.65. The van der Waals surface area contributed by atoms with Crippen LogP contribution in [0.5, 0.6) is 5.75 Å². The number of piperidine rings is 1. The number of rotatable bonds is 5. The zero-order valence-corrected chi connectivity index (χ0v) is 20.0. The van der Waals surface area contributed by atoms with E-state index in [4.69, 9.17) is 14.7 Å². The van der Waals surface area contributed by atoms with Crippen molar-refractivity contribution in [2.75, 3.05) is 50.1 Å². The summed E-state index contributed by atoms with van der Waals surface area (Å²) in [6.45, 7) is 5.16. The second kappa shape index (κ2) is 9.66. The average molecular weight is 482 g/mol. The topological polar surface area (TPSA) is 82.2 Å². The summed E-state index contributed by atoms with van der Waals surface area (Å²) in [5.74, 6) is 5.93. The molecule has 2 aliphatic rings. The van der Waals surface area contributed by atoms with Crippen LogP contribution in [0.25, 0.3) is 10.9 Å². The first-order valence-corrected chi connectivity index (χ1v) is 11.9. The number of anilines is 3. The molecule has 184 valence electrons. The molecule has 2 aliphatic heterocycles. The second-order valence-electron chi connectivity index (χ2n) is 9.11. The molecule has 0 aliphatic carbocycles. The van der Waals surface area contributed by atoms with Gasteiger partial charge in [0.15, 0.2) is 0 Å². The monoisotopic (exact) mass is 481 g/mol. The lowest BCUT2D eigenvalue weighted by atomic mass is 10.1. The van der Waals surface area contributed by atoms with Gasteiger partial charge < -0.3 is 19.9 Å². The van der Waals surface area contributed by atoms with Crippen molar-refractivity contribution in [2.24, 2.45) is 0 Å². The van der Waals surface area contributed by atoms with Crippen LogP contribution in [0.1, 0.15) is 36.9 Å². The Labute approximate surface area is 203 Å². The number of aromatic amines is 1. The fraction of sp³-hybridized carbons (Fsp3) is 0.480. The molecule has 3 aromatic rings. The largest absolute Gasteiger partial charge is 0.495 e. The third-order valence-electron chi connectivity index (χ3n) is 6.45. The molecule has 1 aromatic carbocycles. The van der Waals surface area contributed by atoms with Gasteiger partial charge in [-0.15, -0.1) is 0 Å². The van der Waals surface area contributed by atoms with Gasteiger partial charge in [-0.1, -0.05) is 11.8 Å². The van der Waals surface area contributed by atoms with Crippen LogP contribution < -0.4 is 15.0 Å². The van der Waals surface area contributed by atoms with Crippen molar-refractivity contribution in [2.45, 2.75) is 38.5 Å². The van der Waals surface area contributed by atoms with Gasteiger partial charge in [-0.05, 0) is 45.0 Å². The van der Waals surface area contributed by atoms with Crippen LogP contribution in [0.4, 0.5) is 26.5 Å². The summed E-state index contributed by atoms with van der Waals surface area (Å²) in [6, 6.07) is 3.74. The smallest absolute Gasteiger partial charge is 0.251 e. The van der Waals surface area contributed by atoms with Crippen LogP contribution in [0.3, 0.4) is 0 Å². The molecule has 2 aromatic heterocycles. The fourth-order valence-electron chi connectivity index (χ4n) is 4.46. The van der Waals surface area contributed by atoms with Gasteiger partial charge in [0.05, 0.1) is 24.7 Å². The normalized spacial score (nSPS) is 17.9. The summed E-state index contributed by atoms with van der Waals surface area (Å²) in [5, 5.41) is 3.95. The number of halogens is 2. The number of nitrogens with one attached hydrogen (secondary N) is 2. The highest BCUT2D eigenvalue weighted by atomic mass is 19.3. The molecule has 0 unspecified atom stereocenters. The Hall–Kier alpha value is -3.45. The van der Waals surface area contributed by atoms with Crippen LogP contribution in [0.15, 0.2) is 18.3 Å². The first kappa shape index (κ1) is 23.3. The molecule has 10 heteroatoms. The highest BCUT2D eigenvalue weighted by molar-refractivity contribution is 5.93. The van der Waals surface area contributed by atoms with E-state index in [-0.39, 0.29) is 25.9 Å². The molecular weight excluding hydrogens is 452 g/mol. The maximum Gasteiger partial charge on any atom is 0.251 e. The molecule has 0 bridgehead atoms. The second-order valence-corrected chi connectivity index (χ2v) is 9.11. The highest BCUT2D eigenvalue weighted by Gasteiger charge is 2.35. The molecule has 2 fully saturated rings. The van der Waals surface area contributed by atoms with Crippen LogP contribution in [-0.4, -0.2) is 70.6 Å². The molecule has 0 atom stereocenters. The molecule has 0 amide bonds. The fourth-order valence-corrected chi connectivity index (χ4v) is 4.46. The molecule has 4 heterocycles. The van der Waals surface area contributed by atoms with Gasteiger partial charge >= 0.3 is 0 Å². The Balaban J connectivity index is 1.53. The highest BCUT2D eigenvalue weighted by Crippen LogP contribution is 2.34. The number of H-pyrrole nitrogens is 1. The minimum absolute atomic E-state index is 0.191. The summed E-state index contributed by atoms with van der Waals surface area (Å²) >= 11 is 0. The number of benzene rings is 1. The Kier molecular flexibility index (Phi) is 6.43. The molecule has 0 spiro atoms. The number of alkyl halides is 2. The Morgan fingerprint density at radius 1 is 1.14 bits per heavy atom. The molecule has 2 N–H and O–H groups in total. The quantitative estimate of drug-likeness (QED) is 0.531. The lowest BCUT2D eigenvalue weighted by Crippen LogP contribution is -2.40. The number of aryl methyl sites for hydroxylation is 1. The lowest BCUT2D eigenvalue weighted by Gasteiger charge is -2.32. The summed E-state index contributed by atoms with van der Waals surface area (Å²) in [6.07, 6.45) is 3.71. The SMILES string of the molecule is COc1cc2c(Nc3ncc(C)[nH]3)nc(N3CCC(F)(F)CC3)nc2cc1C#CCN1CCCC1. The standard InChI is InChI=1S/C25H29F2N7O/c1-17-16-28-23(29-17)31-22-19-15-21(35-2)18(6-5-11-33-9-3-4-10-33)14-20(19)30-24(32-22)34-12-7-25(26,27)8-13-34/h14-16H,3-4,7-13H2,1-2H3,(H2,28,29,30,31,32). The maximum absolute atomic E-state index is 13.8. The minimum Gasteiger partial charge on any atom is -0.495 e. The van der Waals surface area contributed by atoms with Crippen molar-refractivity contribution in [3.8, 4) is 17.6 Å². The van der Waals surface area contributed by atoms with E-state index in [9.17, 15) is 8.78 Å². The number of fused-ring (bicyclic) bond motifs is 1. The van der Waals surface area contributed by atoms with Gasteiger partial charge in [-0.3, -0.25) is 4.90 Å². The summed E-state index contributed by atoms with van der Waals surface area (Å²) in [5.41, 5.74) is 2.29. The average Bonchev–Trinajstić information content (AvgIpc) is 3.50. The van der Waals surface area contributed by atoms with Crippen LogP contribution in [0.2, 0.25) is 0 Å². The molecule has 0 saturated carbocycles. The summed E-state index contributed by atoms with van der Waals surface area (Å²) in [7, 11) is 1.61. The van der Waals surface area contributed by atoms with Crippen molar-refractivity contribution < 1.29 is 13.5 Å². The molecule has 8 nitrogen and oxygen atoms in total. The van der Waals surface area contributed by atoms with E-state index in [1.165, 1.54) is 12.8 Å². The van der Waals surface area contributed by atoms with Crippen LogP contribution in [0, 0.1) is 18.8 Å². The predicted octanol–water partition coefficient (Wildman–Crippen LogP) is 4.10. The van der Waals surface area contributed by atoms with Crippen molar-refractivity contribution in [1.82, 2.24) is 24.8 Å². The van der Waals surface area contributed by atoms with Gasteiger partial charge in [0, 0.05) is 43.2 Å². The first-order valence-electron chi connectivity index (χ1n) is 11.9. The van der Waals surface area contributed by atoms with Crippen LogP contribution in [-0.2, 0) is 0 Å². The van der Waals surface area contributed by atoms with Crippen molar-refractivity contribution in [3.05, 3.63) is 29.6 Å². The third kappa shape index (κ3) is 5.30. The first-order chi connectivity index (χ1) is 16.9. The Morgan fingerprint density at radius 3 is 2.60 bits per heavy atom. The van der Waals surface area contributed by atoms with E-state index >= 15 is 0 Å². The number of imidazole rings is 1. The molecule has 2 saturated heterocycles.